The summed E-state index contributed by atoms with van der Waals surface area (Å²) in [5.41, 5.74) is 4.11. The van der Waals surface area contributed by atoms with Crippen molar-refractivity contribution >= 4 is 20.8 Å². The molecular formula is C18H30BrO2P. The molecule has 1 atom stereocenters. The zero-order chi connectivity index (χ0) is 16.9. The van der Waals surface area contributed by atoms with Gasteiger partial charge in [-0.1, -0.05) is 0 Å². The third kappa shape index (κ3) is 3.79. The Kier molecular flexibility index (Phi) is 4.42. The predicted octanol–water partition coefficient (Wildman–Crippen LogP) is 5.54. The summed E-state index contributed by atoms with van der Waals surface area (Å²) in [6.45, 7) is 15.3. The SMILES string of the molecule is Cc1c(C)c2c(c(C)c1O)CCC(C)(CCP(C)(C)(C)Br)O2. The third-order valence-corrected chi connectivity index (χ3v) is 7.79. The van der Waals surface area contributed by atoms with Crippen LogP contribution in [0.25, 0.3) is 0 Å². The molecule has 0 aliphatic carbocycles. The minimum absolute atomic E-state index is 0.105. The van der Waals surface area contributed by atoms with E-state index in [-0.39, 0.29) is 5.60 Å². The molecule has 2 rings (SSSR count). The van der Waals surface area contributed by atoms with Crippen molar-refractivity contribution in [3.63, 3.8) is 0 Å². The van der Waals surface area contributed by atoms with Crippen molar-refractivity contribution in [2.45, 2.75) is 52.6 Å². The molecule has 1 aliphatic heterocycles. The molecule has 0 radical (unpaired) electrons. The van der Waals surface area contributed by atoms with Crippen LogP contribution >= 0.6 is 20.8 Å². The molecule has 0 aromatic heterocycles. The van der Waals surface area contributed by atoms with E-state index in [0.717, 1.165) is 41.7 Å². The Hall–Kier alpha value is -0.270. The summed E-state index contributed by atoms with van der Waals surface area (Å²) in [6.07, 6.45) is 4.24. The van der Waals surface area contributed by atoms with Gasteiger partial charge in [-0.25, -0.2) is 0 Å². The number of phenolic OH excluding ortho intramolecular Hbond substituents is 1. The van der Waals surface area contributed by atoms with Gasteiger partial charge in [0.2, 0.25) is 0 Å². The van der Waals surface area contributed by atoms with Gasteiger partial charge < -0.3 is 0 Å². The van der Waals surface area contributed by atoms with Gasteiger partial charge in [-0.2, -0.15) is 0 Å². The number of phenols is 1. The van der Waals surface area contributed by atoms with Crippen molar-refractivity contribution in [3.8, 4) is 11.5 Å². The van der Waals surface area contributed by atoms with Gasteiger partial charge in [-0.15, -0.1) is 0 Å². The monoisotopic (exact) mass is 388 g/mol. The van der Waals surface area contributed by atoms with Crippen LogP contribution < -0.4 is 4.74 Å². The number of hydrogen-bond acceptors (Lipinski definition) is 2. The molecule has 1 aromatic carbocycles. The first-order chi connectivity index (χ1) is 9.79. The zero-order valence-electron chi connectivity index (χ0n) is 15.0. The molecule has 0 bridgehead atoms. The van der Waals surface area contributed by atoms with Gasteiger partial charge in [0, 0.05) is 0 Å². The summed E-state index contributed by atoms with van der Waals surface area (Å²) in [6, 6.07) is 0. The van der Waals surface area contributed by atoms with E-state index in [1.54, 1.807) is 0 Å². The molecule has 1 heterocycles. The van der Waals surface area contributed by atoms with Crippen molar-refractivity contribution in [1.29, 1.82) is 0 Å². The van der Waals surface area contributed by atoms with Gasteiger partial charge >= 0.3 is 143 Å². The van der Waals surface area contributed by atoms with Crippen molar-refractivity contribution < 1.29 is 9.84 Å². The Morgan fingerprint density at radius 3 is 2.27 bits per heavy atom. The second kappa shape index (κ2) is 5.38. The van der Waals surface area contributed by atoms with Gasteiger partial charge in [0.15, 0.2) is 0 Å². The zero-order valence-corrected chi connectivity index (χ0v) is 17.5. The van der Waals surface area contributed by atoms with Gasteiger partial charge in [0.1, 0.15) is 0 Å². The average Bonchev–Trinajstić information content (AvgIpc) is 2.39. The second-order valence-corrected chi connectivity index (χ2v) is 22.6. The Bertz CT molecular complexity index is 607. The maximum absolute atomic E-state index is 10.3. The first-order valence-corrected chi connectivity index (χ1v) is 13.8. The maximum atomic E-state index is 10.3. The summed E-state index contributed by atoms with van der Waals surface area (Å²) >= 11 is 3.95. The molecular weight excluding hydrogens is 359 g/mol. The van der Waals surface area contributed by atoms with Crippen molar-refractivity contribution in [1.82, 2.24) is 0 Å². The topological polar surface area (TPSA) is 29.5 Å². The summed E-state index contributed by atoms with van der Waals surface area (Å²) in [5, 5.41) is 8.57. The predicted molar refractivity (Wildman–Crippen MR) is 103 cm³/mol. The summed E-state index contributed by atoms with van der Waals surface area (Å²) in [4.78, 5) is 0. The molecule has 4 heteroatoms. The number of benzene rings is 1. The van der Waals surface area contributed by atoms with E-state index < -0.39 is 5.31 Å². The molecule has 0 fully saturated rings. The Balaban J connectivity index is 2.32. The molecule has 1 N–H and O–H groups in total. The minimum atomic E-state index is -1.69. The summed E-state index contributed by atoms with van der Waals surface area (Å²) < 4.78 is 6.50. The molecule has 126 valence electrons. The van der Waals surface area contributed by atoms with Crippen LogP contribution in [0.1, 0.15) is 42.0 Å². The average molecular weight is 389 g/mol. The fraction of sp³-hybridized carbons (Fsp3) is 0.667. The van der Waals surface area contributed by atoms with Crippen LogP contribution in [0.15, 0.2) is 0 Å². The molecule has 1 aliphatic rings. The van der Waals surface area contributed by atoms with Crippen LogP contribution in [-0.4, -0.2) is 36.9 Å². The number of fused-ring (bicyclic) bond motifs is 1. The molecule has 0 saturated carbocycles. The number of aromatic hydroxyl groups is 1. The Labute approximate surface area is 143 Å². The van der Waals surface area contributed by atoms with Crippen molar-refractivity contribution in [3.05, 3.63) is 22.3 Å². The first-order valence-electron chi connectivity index (χ1n) is 8.02. The Morgan fingerprint density at radius 1 is 1.14 bits per heavy atom. The molecule has 1 unspecified atom stereocenters. The summed E-state index contributed by atoms with van der Waals surface area (Å²) in [7, 11) is 0. The number of ether oxygens (including phenoxy) is 1. The van der Waals surface area contributed by atoms with E-state index >= 15 is 0 Å². The number of hydrogen-bond donors (Lipinski definition) is 1. The van der Waals surface area contributed by atoms with E-state index in [2.05, 4.69) is 49.3 Å². The fourth-order valence-electron chi connectivity index (χ4n) is 3.08. The molecule has 0 saturated heterocycles. The summed E-state index contributed by atoms with van der Waals surface area (Å²) in [5.74, 6) is 1.45. The van der Waals surface area contributed by atoms with Gasteiger partial charge in [0.05, 0.1) is 0 Å². The standard InChI is InChI=1S/C18H30BrO2P/c1-12-13(2)17-15(14(3)16(12)20)8-9-18(4,21-17)10-11-22(5,6,7)19/h20H,8-11H2,1-7H3. The second-order valence-electron chi connectivity index (χ2n) is 8.47. The van der Waals surface area contributed by atoms with E-state index in [9.17, 15) is 5.11 Å². The number of rotatable bonds is 3. The van der Waals surface area contributed by atoms with Crippen LogP contribution in [0.3, 0.4) is 0 Å². The Morgan fingerprint density at radius 2 is 1.73 bits per heavy atom. The normalized spacial score (nSPS) is 23.4. The van der Waals surface area contributed by atoms with Gasteiger partial charge in [-0.3, -0.25) is 0 Å². The van der Waals surface area contributed by atoms with E-state index in [1.807, 2.05) is 13.8 Å². The van der Waals surface area contributed by atoms with Crippen LogP contribution in [-0.2, 0) is 6.42 Å². The van der Waals surface area contributed by atoms with Crippen LogP contribution in [0.5, 0.6) is 11.5 Å². The van der Waals surface area contributed by atoms with Crippen molar-refractivity contribution in [2.24, 2.45) is 0 Å². The molecule has 0 spiro atoms. The van der Waals surface area contributed by atoms with E-state index in [1.165, 1.54) is 11.7 Å². The van der Waals surface area contributed by atoms with E-state index in [4.69, 9.17) is 4.74 Å². The molecule has 0 amide bonds. The molecule has 2 nitrogen and oxygen atoms in total. The van der Waals surface area contributed by atoms with E-state index in [0.29, 0.717) is 5.75 Å². The van der Waals surface area contributed by atoms with Crippen LogP contribution in [0.4, 0.5) is 0 Å². The van der Waals surface area contributed by atoms with Crippen molar-refractivity contribution in [2.75, 3.05) is 26.2 Å². The first kappa shape index (κ1) is 18.1. The third-order valence-electron chi connectivity index (χ3n) is 4.99. The fourth-order valence-corrected chi connectivity index (χ4v) is 4.85. The molecule has 22 heavy (non-hydrogen) atoms. The van der Waals surface area contributed by atoms with Gasteiger partial charge in [-0.05, 0) is 0 Å². The number of halogens is 1. The quantitative estimate of drug-likeness (QED) is 0.688. The molecule has 1 aromatic rings. The van der Waals surface area contributed by atoms with Crippen LogP contribution in [0.2, 0.25) is 0 Å². The van der Waals surface area contributed by atoms with Gasteiger partial charge in [0.25, 0.3) is 0 Å². The van der Waals surface area contributed by atoms with Crippen LogP contribution in [0, 0.1) is 20.8 Å².